The highest BCUT2D eigenvalue weighted by Crippen LogP contribution is 2.20. The number of amidine groups is 1. The van der Waals surface area contributed by atoms with Gasteiger partial charge in [-0.15, -0.1) is 0 Å². The predicted octanol–water partition coefficient (Wildman–Crippen LogP) is 3.43. The number of aliphatic imine (C=N–C) groups is 1. The summed E-state index contributed by atoms with van der Waals surface area (Å²) in [5.41, 5.74) is 6.28. The van der Waals surface area contributed by atoms with E-state index < -0.39 is 11.6 Å². The molecule has 0 spiro atoms. The molecule has 1 aromatic carbocycles. The normalized spacial score (nSPS) is 12.4. The third-order valence-electron chi connectivity index (χ3n) is 2.21. The summed E-state index contributed by atoms with van der Waals surface area (Å²) in [5, 5.41) is 6.65. The summed E-state index contributed by atoms with van der Waals surface area (Å²) < 4.78 is 26.9. The van der Waals surface area contributed by atoms with Crippen LogP contribution in [0.2, 0.25) is 5.02 Å². The maximum atomic E-state index is 13.6. The maximum absolute atomic E-state index is 13.6. The van der Waals surface area contributed by atoms with Gasteiger partial charge in [0.05, 0.1) is 16.3 Å². The Morgan fingerprint density at radius 1 is 1.42 bits per heavy atom. The molecule has 3 nitrogen and oxygen atoms in total. The lowest BCUT2D eigenvalue weighted by atomic mass is 10.1. The average molecular weight is 284 g/mol. The highest BCUT2D eigenvalue weighted by Gasteiger charge is 2.12. The molecule has 0 saturated carbocycles. The summed E-state index contributed by atoms with van der Waals surface area (Å²) in [4.78, 5) is 3.92. The molecule has 3 N–H and O–H groups in total. The molecular formula is C13H12ClF2N3. The Morgan fingerprint density at radius 2 is 2.05 bits per heavy atom. The smallest absolute Gasteiger partial charge is 0.142 e. The topological polar surface area (TPSA) is 62.2 Å². The Kier molecular flexibility index (Phi) is 4.94. The number of allylic oxidation sites excluding steroid dienone is 2. The van der Waals surface area contributed by atoms with Crippen LogP contribution in [0.25, 0.3) is 0 Å². The Balaban J connectivity index is 3.30. The molecule has 0 heterocycles. The fourth-order valence-electron chi connectivity index (χ4n) is 1.26. The van der Waals surface area contributed by atoms with Crippen LogP contribution in [0.5, 0.6) is 0 Å². The maximum Gasteiger partial charge on any atom is 0.142 e. The van der Waals surface area contributed by atoms with E-state index in [1.165, 1.54) is 6.08 Å². The highest BCUT2D eigenvalue weighted by atomic mass is 35.5. The van der Waals surface area contributed by atoms with Crippen molar-refractivity contribution >= 4 is 23.7 Å². The third-order valence-corrected chi connectivity index (χ3v) is 2.49. The number of hydrogen-bond acceptors (Lipinski definition) is 2. The first-order valence-electron chi connectivity index (χ1n) is 5.22. The van der Waals surface area contributed by atoms with Crippen molar-refractivity contribution < 1.29 is 8.78 Å². The zero-order valence-corrected chi connectivity index (χ0v) is 10.9. The second-order valence-electron chi connectivity index (χ2n) is 3.74. The van der Waals surface area contributed by atoms with Crippen LogP contribution in [-0.4, -0.2) is 12.1 Å². The molecule has 0 radical (unpaired) electrons. The summed E-state index contributed by atoms with van der Waals surface area (Å²) in [6.07, 6.45) is 2.35. The SMILES string of the molecule is C=C(C)/C(=C\C=N)N=C(N)c1cc(F)c(Cl)cc1F. The van der Waals surface area contributed by atoms with Crippen LogP contribution < -0.4 is 5.73 Å². The first kappa shape index (κ1) is 15.0. The molecule has 0 aliphatic heterocycles. The van der Waals surface area contributed by atoms with Gasteiger partial charge in [-0.3, -0.25) is 0 Å². The Bertz CT molecular complexity index is 592. The molecule has 1 aromatic rings. The minimum Gasteiger partial charge on any atom is -0.383 e. The molecule has 0 aliphatic rings. The van der Waals surface area contributed by atoms with Crippen molar-refractivity contribution in [2.45, 2.75) is 6.92 Å². The van der Waals surface area contributed by atoms with E-state index in [1.807, 2.05) is 0 Å². The number of benzene rings is 1. The summed E-state index contributed by atoms with van der Waals surface area (Å²) in [5.74, 6) is -1.78. The van der Waals surface area contributed by atoms with Crippen LogP contribution in [0.4, 0.5) is 8.78 Å². The monoisotopic (exact) mass is 283 g/mol. The lowest BCUT2D eigenvalue weighted by Gasteiger charge is -2.06. The van der Waals surface area contributed by atoms with Crippen molar-refractivity contribution in [2.75, 3.05) is 0 Å². The van der Waals surface area contributed by atoms with Gasteiger partial charge in [0.2, 0.25) is 0 Å². The van der Waals surface area contributed by atoms with E-state index >= 15 is 0 Å². The van der Waals surface area contributed by atoms with Crippen LogP contribution in [0.3, 0.4) is 0 Å². The van der Waals surface area contributed by atoms with Gasteiger partial charge in [-0.05, 0) is 30.7 Å². The highest BCUT2D eigenvalue weighted by molar-refractivity contribution is 6.30. The van der Waals surface area contributed by atoms with Crippen LogP contribution in [0.1, 0.15) is 12.5 Å². The Labute approximate surface area is 114 Å². The van der Waals surface area contributed by atoms with Crippen LogP contribution in [0, 0.1) is 17.0 Å². The lowest BCUT2D eigenvalue weighted by Crippen LogP contribution is -2.16. The minimum atomic E-state index is -0.788. The van der Waals surface area contributed by atoms with E-state index in [9.17, 15) is 8.78 Å². The zero-order valence-electron chi connectivity index (χ0n) is 10.2. The number of hydrogen-bond donors (Lipinski definition) is 2. The van der Waals surface area contributed by atoms with E-state index in [0.717, 1.165) is 18.3 Å². The van der Waals surface area contributed by atoms with Gasteiger partial charge in [0.25, 0.3) is 0 Å². The Hall–Kier alpha value is -2.01. The Morgan fingerprint density at radius 3 is 2.58 bits per heavy atom. The standard InChI is InChI=1S/C13H12ClF2N3/c1-7(2)12(3-4-17)19-13(18)8-5-11(16)9(14)6-10(8)15/h3-6,17H,1H2,2H3,(H2,18,19)/b12-3+,17-4?. The van der Waals surface area contributed by atoms with Crippen molar-refractivity contribution in [2.24, 2.45) is 10.7 Å². The van der Waals surface area contributed by atoms with Crippen LogP contribution in [-0.2, 0) is 0 Å². The van der Waals surface area contributed by atoms with E-state index in [4.69, 9.17) is 22.7 Å². The second-order valence-corrected chi connectivity index (χ2v) is 4.15. The van der Waals surface area contributed by atoms with Crippen molar-refractivity contribution in [1.82, 2.24) is 0 Å². The quantitative estimate of drug-likeness (QED) is 0.378. The van der Waals surface area contributed by atoms with E-state index in [0.29, 0.717) is 11.3 Å². The van der Waals surface area contributed by atoms with Gasteiger partial charge < -0.3 is 11.1 Å². The molecule has 0 aromatic heterocycles. The van der Waals surface area contributed by atoms with E-state index in [1.54, 1.807) is 6.92 Å². The molecule has 0 atom stereocenters. The number of nitrogens with one attached hydrogen (secondary N) is 1. The van der Waals surface area contributed by atoms with Gasteiger partial charge in [0.1, 0.15) is 17.5 Å². The molecule has 0 fully saturated rings. The van der Waals surface area contributed by atoms with Gasteiger partial charge in [-0.1, -0.05) is 18.2 Å². The van der Waals surface area contributed by atoms with Crippen LogP contribution in [0.15, 0.2) is 41.1 Å². The van der Waals surface area contributed by atoms with Crippen molar-refractivity contribution in [1.29, 1.82) is 5.41 Å². The van der Waals surface area contributed by atoms with E-state index in [2.05, 4.69) is 11.6 Å². The van der Waals surface area contributed by atoms with Crippen molar-refractivity contribution in [3.05, 3.63) is 58.3 Å². The fraction of sp³-hybridized carbons (Fsp3) is 0.0769. The number of nitrogens with zero attached hydrogens (tertiary/aromatic N) is 1. The number of nitrogens with two attached hydrogens (primary N) is 1. The first-order chi connectivity index (χ1) is 8.86. The molecule has 1 rings (SSSR count). The van der Waals surface area contributed by atoms with Gasteiger partial charge in [0.15, 0.2) is 0 Å². The number of rotatable bonds is 4. The molecule has 100 valence electrons. The number of halogens is 3. The molecule has 19 heavy (non-hydrogen) atoms. The fourth-order valence-corrected chi connectivity index (χ4v) is 1.41. The van der Waals surface area contributed by atoms with Crippen molar-refractivity contribution in [3.8, 4) is 0 Å². The van der Waals surface area contributed by atoms with Gasteiger partial charge in [0, 0.05) is 6.21 Å². The predicted molar refractivity (Wildman–Crippen MR) is 73.8 cm³/mol. The van der Waals surface area contributed by atoms with E-state index in [-0.39, 0.29) is 16.4 Å². The van der Waals surface area contributed by atoms with Gasteiger partial charge in [-0.25, -0.2) is 13.8 Å². The molecule has 0 amide bonds. The van der Waals surface area contributed by atoms with Gasteiger partial charge >= 0.3 is 0 Å². The summed E-state index contributed by atoms with van der Waals surface area (Å²) in [7, 11) is 0. The molecule has 0 bridgehead atoms. The first-order valence-corrected chi connectivity index (χ1v) is 5.60. The molecule has 0 unspecified atom stereocenters. The molecule has 6 heteroatoms. The lowest BCUT2D eigenvalue weighted by molar-refractivity contribution is 0.598. The zero-order chi connectivity index (χ0) is 14.6. The largest absolute Gasteiger partial charge is 0.383 e. The summed E-state index contributed by atoms with van der Waals surface area (Å²) in [6.45, 7) is 5.31. The molecule has 0 aliphatic carbocycles. The molecular weight excluding hydrogens is 272 g/mol. The molecule has 0 saturated heterocycles. The van der Waals surface area contributed by atoms with Crippen LogP contribution >= 0.6 is 11.6 Å². The van der Waals surface area contributed by atoms with Gasteiger partial charge in [-0.2, -0.15) is 0 Å². The summed E-state index contributed by atoms with van der Waals surface area (Å²) >= 11 is 5.45. The second kappa shape index (κ2) is 6.24. The summed E-state index contributed by atoms with van der Waals surface area (Å²) in [6, 6.07) is 1.70. The average Bonchev–Trinajstić information content (AvgIpc) is 2.32. The third kappa shape index (κ3) is 3.72. The van der Waals surface area contributed by atoms with Crippen molar-refractivity contribution in [3.63, 3.8) is 0 Å². The minimum absolute atomic E-state index is 0.195.